The molecule has 2 nitrogen and oxygen atoms in total. The quantitative estimate of drug-likeness (QED) is 0.848. The lowest BCUT2D eigenvalue weighted by molar-refractivity contribution is 0.282. The highest BCUT2D eigenvalue weighted by Crippen LogP contribution is 2.31. The second-order valence-electron chi connectivity index (χ2n) is 5.83. The van der Waals surface area contributed by atoms with Crippen LogP contribution in [0.15, 0.2) is 24.3 Å². The van der Waals surface area contributed by atoms with E-state index in [2.05, 4.69) is 30.9 Å². The number of hydrogen-bond acceptors (Lipinski definition) is 2. The molecular formula is C15H23NO. The first-order chi connectivity index (χ1) is 8.11. The fraction of sp³-hybridized carbons (Fsp3) is 0.600. The number of aliphatic hydroxyl groups excluding tert-OH is 1. The van der Waals surface area contributed by atoms with E-state index in [0.717, 1.165) is 18.7 Å². The van der Waals surface area contributed by atoms with Gasteiger partial charge in [0.1, 0.15) is 0 Å². The zero-order valence-electron chi connectivity index (χ0n) is 10.9. The van der Waals surface area contributed by atoms with Crippen LogP contribution in [0.1, 0.15) is 38.7 Å². The van der Waals surface area contributed by atoms with Gasteiger partial charge in [0.2, 0.25) is 0 Å². The predicted molar refractivity (Wildman–Crippen MR) is 72.2 cm³/mol. The van der Waals surface area contributed by atoms with Crippen LogP contribution >= 0.6 is 0 Å². The van der Waals surface area contributed by atoms with Gasteiger partial charge < -0.3 is 10.0 Å². The van der Waals surface area contributed by atoms with Gasteiger partial charge in [0.15, 0.2) is 0 Å². The lowest BCUT2D eigenvalue weighted by Gasteiger charge is -2.25. The molecular weight excluding hydrogens is 210 g/mol. The third-order valence-electron chi connectivity index (χ3n) is 3.82. The molecule has 0 aromatic heterocycles. The standard InChI is InChI=1S/C15H23NO/c1-15(2)8-3-10-16(11-9-15)14-6-4-13(12-17)5-7-14/h4-7,17H,3,8-12H2,1-2H3. The first-order valence-corrected chi connectivity index (χ1v) is 6.55. The normalized spacial score (nSPS) is 20.1. The minimum atomic E-state index is 0.132. The molecule has 0 unspecified atom stereocenters. The van der Waals surface area contributed by atoms with E-state index in [1.807, 2.05) is 12.1 Å². The molecule has 2 heteroatoms. The van der Waals surface area contributed by atoms with Crippen molar-refractivity contribution in [2.45, 2.75) is 39.7 Å². The highest BCUT2D eigenvalue weighted by Gasteiger charge is 2.22. The maximum atomic E-state index is 9.04. The van der Waals surface area contributed by atoms with Gasteiger partial charge >= 0.3 is 0 Å². The molecule has 1 aliphatic rings. The van der Waals surface area contributed by atoms with Crippen molar-refractivity contribution in [1.29, 1.82) is 0 Å². The van der Waals surface area contributed by atoms with Gasteiger partial charge in [-0.1, -0.05) is 26.0 Å². The Labute approximate surface area is 104 Å². The van der Waals surface area contributed by atoms with Crippen molar-refractivity contribution < 1.29 is 5.11 Å². The highest BCUT2D eigenvalue weighted by molar-refractivity contribution is 5.47. The topological polar surface area (TPSA) is 23.5 Å². The summed E-state index contributed by atoms with van der Waals surface area (Å²) in [7, 11) is 0. The summed E-state index contributed by atoms with van der Waals surface area (Å²) in [5.41, 5.74) is 2.77. The molecule has 1 aromatic rings. The molecule has 0 radical (unpaired) electrons. The number of benzene rings is 1. The molecule has 17 heavy (non-hydrogen) atoms. The number of aliphatic hydroxyl groups is 1. The monoisotopic (exact) mass is 233 g/mol. The number of rotatable bonds is 2. The average molecular weight is 233 g/mol. The molecule has 0 saturated carbocycles. The fourth-order valence-electron chi connectivity index (χ4n) is 2.49. The zero-order valence-corrected chi connectivity index (χ0v) is 10.9. The molecule has 1 heterocycles. The van der Waals surface area contributed by atoms with Gasteiger partial charge in [-0.2, -0.15) is 0 Å². The van der Waals surface area contributed by atoms with E-state index >= 15 is 0 Å². The lowest BCUT2D eigenvalue weighted by atomic mass is 9.85. The summed E-state index contributed by atoms with van der Waals surface area (Å²) in [5.74, 6) is 0. The average Bonchev–Trinajstić information content (AvgIpc) is 2.50. The van der Waals surface area contributed by atoms with Crippen molar-refractivity contribution in [3.05, 3.63) is 29.8 Å². The van der Waals surface area contributed by atoms with Crippen molar-refractivity contribution in [1.82, 2.24) is 0 Å². The molecule has 94 valence electrons. The Morgan fingerprint density at radius 3 is 2.47 bits per heavy atom. The van der Waals surface area contributed by atoms with Crippen molar-refractivity contribution in [2.24, 2.45) is 5.41 Å². The van der Waals surface area contributed by atoms with Crippen molar-refractivity contribution in [3.63, 3.8) is 0 Å². The van der Waals surface area contributed by atoms with E-state index < -0.39 is 0 Å². The van der Waals surface area contributed by atoms with Crippen LogP contribution in [0, 0.1) is 5.41 Å². The van der Waals surface area contributed by atoms with Crippen LogP contribution in [-0.2, 0) is 6.61 Å². The van der Waals surface area contributed by atoms with E-state index in [9.17, 15) is 0 Å². The van der Waals surface area contributed by atoms with Crippen molar-refractivity contribution in [3.8, 4) is 0 Å². The lowest BCUT2D eigenvalue weighted by Crippen LogP contribution is -2.24. The molecule has 2 rings (SSSR count). The Morgan fingerprint density at radius 1 is 1.12 bits per heavy atom. The van der Waals surface area contributed by atoms with Gasteiger partial charge in [-0.25, -0.2) is 0 Å². The predicted octanol–water partition coefficient (Wildman–Crippen LogP) is 3.20. The van der Waals surface area contributed by atoms with Gasteiger partial charge in [-0.05, 0) is 42.4 Å². The van der Waals surface area contributed by atoms with Gasteiger partial charge in [-0.3, -0.25) is 0 Å². The Balaban J connectivity index is 2.06. The molecule has 0 bridgehead atoms. The van der Waals surface area contributed by atoms with Crippen LogP contribution in [0.25, 0.3) is 0 Å². The Morgan fingerprint density at radius 2 is 1.82 bits per heavy atom. The summed E-state index contributed by atoms with van der Waals surface area (Å²) in [6.07, 6.45) is 3.85. The minimum absolute atomic E-state index is 0.132. The van der Waals surface area contributed by atoms with Gasteiger partial charge in [0, 0.05) is 18.8 Å². The molecule has 0 atom stereocenters. The van der Waals surface area contributed by atoms with Crippen LogP contribution < -0.4 is 4.90 Å². The van der Waals surface area contributed by atoms with Gasteiger partial charge in [0.25, 0.3) is 0 Å². The van der Waals surface area contributed by atoms with Crippen LogP contribution in [0.3, 0.4) is 0 Å². The van der Waals surface area contributed by atoms with E-state index in [4.69, 9.17) is 5.11 Å². The summed E-state index contributed by atoms with van der Waals surface area (Å²) in [5, 5.41) is 9.04. The highest BCUT2D eigenvalue weighted by atomic mass is 16.3. The molecule has 1 N–H and O–H groups in total. The summed E-state index contributed by atoms with van der Waals surface area (Å²) in [6, 6.07) is 8.30. The summed E-state index contributed by atoms with van der Waals surface area (Å²) >= 11 is 0. The van der Waals surface area contributed by atoms with E-state index in [1.165, 1.54) is 24.9 Å². The molecule has 0 amide bonds. The van der Waals surface area contributed by atoms with Crippen molar-refractivity contribution >= 4 is 5.69 Å². The Kier molecular flexibility index (Phi) is 3.72. The second-order valence-corrected chi connectivity index (χ2v) is 5.83. The second kappa shape index (κ2) is 5.09. The summed E-state index contributed by atoms with van der Waals surface area (Å²) < 4.78 is 0. The van der Waals surface area contributed by atoms with E-state index in [-0.39, 0.29) is 6.61 Å². The molecule has 1 aromatic carbocycles. The van der Waals surface area contributed by atoms with Crippen LogP contribution in [0.4, 0.5) is 5.69 Å². The molecule has 1 saturated heterocycles. The summed E-state index contributed by atoms with van der Waals surface area (Å²) in [4.78, 5) is 2.47. The number of hydrogen-bond donors (Lipinski definition) is 1. The Hall–Kier alpha value is -1.02. The minimum Gasteiger partial charge on any atom is -0.392 e. The van der Waals surface area contributed by atoms with Crippen LogP contribution in [0.5, 0.6) is 0 Å². The van der Waals surface area contributed by atoms with Crippen molar-refractivity contribution in [2.75, 3.05) is 18.0 Å². The fourth-order valence-corrected chi connectivity index (χ4v) is 2.49. The Bertz CT molecular complexity index is 356. The zero-order chi connectivity index (χ0) is 12.3. The number of nitrogens with zero attached hydrogens (tertiary/aromatic N) is 1. The molecule has 0 spiro atoms. The first-order valence-electron chi connectivity index (χ1n) is 6.55. The van der Waals surface area contributed by atoms with Crippen LogP contribution in [-0.4, -0.2) is 18.2 Å². The third-order valence-corrected chi connectivity index (χ3v) is 3.82. The maximum absolute atomic E-state index is 9.04. The van der Waals surface area contributed by atoms with E-state index in [1.54, 1.807) is 0 Å². The summed E-state index contributed by atoms with van der Waals surface area (Å²) in [6.45, 7) is 7.16. The smallest absolute Gasteiger partial charge is 0.0681 e. The number of anilines is 1. The molecule has 1 aliphatic heterocycles. The molecule has 0 aliphatic carbocycles. The van der Waals surface area contributed by atoms with Gasteiger partial charge in [0.05, 0.1) is 6.61 Å². The van der Waals surface area contributed by atoms with Crippen LogP contribution in [0.2, 0.25) is 0 Å². The first kappa shape index (κ1) is 12.4. The maximum Gasteiger partial charge on any atom is 0.0681 e. The molecule has 1 fully saturated rings. The van der Waals surface area contributed by atoms with E-state index in [0.29, 0.717) is 5.41 Å². The SMILES string of the molecule is CC1(C)CCCN(c2ccc(CO)cc2)CC1. The third kappa shape index (κ3) is 3.22. The van der Waals surface area contributed by atoms with Gasteiger partial charge in [-0.15, -0.1) is 0 Å². The largest absolute Gasteiger partial charge is 0.392 e.